The van der Waals surface area contributed by atoms with Crippen LogP contribution in [0.2, 0.25) is 0 Å². The minimum absolute atomic E-state index is 0.607. The van der Waals surface area contributed by atoms with Gasteiger partial charge in [0.25, 0.3) is 0 Å². The summed E-state index contributed by atoms with van der Waals surface area (Å²) in [5.74, 6) is 1.49. The van der Waals surface area contributed by atoms with Gasteiger partial charge in [-0.25, -0.2) is 9.97 Å². The first-order valence-corrected chi connectivity index (χ1v) is 6.04. The van der Waals surface area contributed by atoms with Gasteiger partial charge < -0.3 is 20.1 Å². The average Bonchev–Trinajstić information content (AvgIpc) is 2.40. The topological polar surface area (TPSA) is 73.5 Å². The molecular formula is C12H22N4O2. The third kappa shape index (κ3) is 3.82. The van der Waals surface area contributed by atoms with Crippen LogP contribution in [-0.4, -0.2) is 50.4 Å². The Labute approximate surface area is 108 Å². The molecule has 0 saturated heterocycles. The van der Waals surface area contributed by atoms with Crippen molar-refractivity contribution in [3.8, 4) is 5.88 Å². The summed E-state index contributed by atoms with van der Waals surface area (Å²) in [5, 5.41) is 0. The number of ether oxygens (including phenoxy) is 2. The van der Waals surface area contributed by atoms with Gasteiger partial charge >= 0.3 is 0 Å². The van der Waals surface area contributed by atoms with Crippen molar-refractivity contribution in [1.29, 1.82) is 0 Å². The number of rotatable bonds is 8. The second-order valence-corrected chi connectivity index (χ2v) is 3.95. The largest absolute Gasteiger partial charge is 0.481 e. The van der Waals surface area contributed by atoms with Crippen molar-refractivity contribution in [3.63, 3.8) is 0 Å². The Morgan fingerprint density at radius 1 is 1.28 bits per heavy atom. The lowest BCUT2D eigenvalue weighted by Gasteiger charge is -2.25. The minimum atomic E-state index is 0.607. The number of hydrogen-bond donors (Lipinski definition) is 1. The van der Waals surface area contributed by atoms with E-state index in [2.05, 4.69) is 14.9 Å². The molecule has 1 aromatic heterocycles. The Kier molecular flexibility index (Phi) is 6.38. The second kappa shape index (κ2) is 7.84. The van der Waals surface area contributed by atoms with Gasteiger partial charge in [0, 0.05) is 20.2 Å². The Balaban J connectivity index is 2.88. The van der Waals surface area contributed by atoms with E-state index >= 15 is 0 Å². The number of nitrogens with zero attached hydrogens (tertiary/aromatic N) is 3. The Morgan fingerprint density at radius 2 is 2.06 bits per heavy atom. The van der Waals surface area contributed by atoms with E-state index in [1.165, 1.54) is 6.33 Å². The minimum Gasteiger partial charge on any atom is -0.481 e. The highest BCUT2D eigenvalue weighted by molar-refractivity contribution is 5.50. The fourth-order valence-corrected chi connectivity index (χ4v) is 1.76. The Bertz CT molecular complexity index is 352. The SMILES string of the molecule is COCCN(CCCN)c1ncnc(OC)c1C. The maximum Gasteiger partial charge on any atom is 0.221 e. The normalized spacial score (nSPS) is 10.4. The lowest BCUT2D eigenvalue weighted by Crippen LogP contribution is -2.31. The summed E-state index contributed by atoms with van der Waals surface area (Å²) in [5.41, 5.74) is 6.50. The van der Waals surface area contributed by atoms with E-state index in [1.54, 1.807) is 14.2 Å². The van der Waals surface area contributed by atoms with Crippen LogP contribution in [0.15, 0.2) is 6.33 Å². The van der Waals surface area contributed by atoms with Crippen LogP contribution in [0.1, 0.15) is 12.0 Å². The molecule has 1 rings (SSSR count). The van der Waals surface area contributed by atoms with Gasteiger partial charge in [0.15, 0.2) is 0 Å². The molecule has 0 fully saturated rings. The molecule has 6 heteroatoms. The van der Waals surface area contributed by atoms with E-state index in [0.717, 1.165) is 30.9 Å². The quantitative estimate of drug-likeness (QED) is 0.732. The number of nitrogens with two attached hydrogens (primary N) is 1. The van der Waals surface area contributed by atoms with Crippen molar-refractivity contribution in [2.75, 3.05) is 45.4 Å². The maximum atomic E-state index is 5.56. The van der Waals surface area contributed by atoms with Gasteiger partial charge in [-0.15, -0.1) is 0 Å². The summed E-state index contributed by atoms with van der Waals surface area (Å²) in [6.45, 7) is 4.88. The molecule has 0 radical (unpaired) electrons. The summed E-state index contributed by atoms with van der Waals surface area (Å²) in [6.07, 6.45) is 2.43. The van der Waals surface area contributed by atoms with E-state index in [-0.39, 0.29) is 0 Å². The fourth-order valence-electron chi connectivity index (χ4n) is 1.76. The fraction of sp³-hybridized carbons (Fsp3) is 0.667. The van der Waals surface area contributed by atoms with E-state index < -0.39 is 0 Å². The first-order chi connectivity index (χ1) is 8.74. The molecule has 102 valence electrons. The lowest BCUT2D eigenvalue weighted by molar-refractivity contribution is 0.205. The van der Waals surface area contributed by atoms with Crippen LogP contribution >= 0.6 is 0 Å². The molecule has 18 heavy (non-hydrogen) atoms. The molecule has 2 N–H and O–H groups in total. The van der Waals surface area contributed by atoms with Gasteiger partial charge in [0.05, 0.1) is 19.3 Å². The van der Waals surface area contributed by atoms with Gasteiger partial charge in [-0.1, -0.05) is 0 Å². The molecule has 0 unspecified atom stereocenters. The predicted molar refractivity (Wildman–Crippen MR) is 71.1 cm³/mol. The van der Waals surface area contributed by atoms with Crippen molar-refractivity contribution in [1.82, 2.24) is 9.97 Å². The van der Waals surface area contributed by atoms with Crippen molar-refractivity contribution in [2.24, 2.45) is 5.73 Å². The molecule has 0 aliphatic heterocycles. The van der Waals surface area contributed by atoms with Gasteiger partial charge in [0.1, 0.15) is 12.1 Å². The number of aromatic nitrogens is 2. The van der Waals surface area contributed by atoms with E-state index in [4.69, 9.17) is 15.2 Å². The van der Waals surface area contributed by atoms with Crippen molar-refractivity contribution < 1.29 is 9.47 Å². The third-order valence-electron chi connectivity index (χ3n) is 2.70. The molecular weight excluding hydrogens is 232 g/mol. The molecule has 0 aliphatic carbocycles. The van der Waals surface area contributed by atoms with Gasteiger partial charge in [-0.3, -0.25) is 0 Å². The monoisotopic (exact) mass is 254 g/mol. The first kappa shape index (κ1) is 14.7. The van der Waals surface area contributed by atoms with Crippen LogP contribution in [0, 0.1) is 6.92 Å². The molecule has 1 aromatic rings. The van der Waals surface area contributed by atoms with Crippen LogP contribution in [-0.2, 0) is 4.74 Å². The van der Waals surface area contributed by atoms with Crippen LogP contribution in [0.25, 0.3) is 0 Å². The smallest absolute Gasteiger partial charge is 0.221 e. The summed E-state index contributed by atoms with van der Waals surface area (Å²) in [6, 6.07) is 0. The molecule has 6 nitrogen and oxygen atoms in total. The Morgan fingerprint density at radius 3 is 2.67 bits per heavy atom. The summed E-state index contributed by atoms with van der Waals surface area (Å²) < 4.78 is 10.3. The molecule has 0 bridgehead atoms. The molecule has 0 saturated carbocycles. The lowest BCUT2D eigenvalue weighted by atomic mass is 10.2. The van der Waals surface area contributed by atoms with Gasteiger partial charge in [-0.05, 0) is 19.9 Å². The van der Waals surface area contributed by atoms with Crippen molar-refractivity contribution in [3.05, 3.63) is 11.9 Å². The van der Waals surface area contributed by atoms with Crippen molar-refractivity contribution in [2.45, 2.75) is 13.3 Å². The first-order valence-electron chi connectivity index (χ1n) is 6.04. The summed E-state index contributed by atoms with van der Waals surface area (Å²) >= 11 is 0. The summed E-state index contributed by atoms with van der Waals surface area (Å²) in [7, 11) is 3.30. The summed E-state index contributed by atoms with van der Waals surface area (Å²) in [4.78, 5) is 10.6. The van der Waals surface area contributed by atoms with Gasteiger partial charge in [0.2, 0.25) is 5.88 Å². The van der Waals surface area contributed by atoms with Crippen molar-refractivity contribution >= 4 is 5.82 Å². The van der Waals surface area contributed by atoms with Crippen LogP contribution in [0.3, 0.4) is 0 Å². The molecule has 0 amide bonds. The van der Waals surface area contributed by atoms with Gasteiger partial charge in [-0.2, -0.15) is 0 Å². The Hall–Kier alpha value is -1.40. The highest BCUT2D eigenvalue weighted by atomic mass is 16.5. The third-order valence-corrected chi connectivity index (χ3v) is 2.70. The zero-order chi connectivity index (χ0) is 13.4. The number of anilines is 1. The van der Waals surface area contributed by atoms with E-state index in [0.29, 0.717) is 19.0 Å². The maximum absolute atomic E-state index is 5.56. The molecule has 0 atom stereocenters. The molecule has 1 heterocycles. The molecule has 0 aromatic carbocycles. The van der Waals surface area contributed by atoms with E-state index in [9.17, 15) is 0 Å². The molecule has 0 spiro atoms. The predicted octanol–water partition coefficient (Wildman–Crippen LogP) is 0.595. The van der Waals surface area contributed by atoms with Crippen LogP contribution in [0.4, 0.5) is 5.82 Å². The highest BCUT2D eigenvalue weighted by Gasteiger charge is 2.14. The van der Waals surface area contributed by atoms with Crippen LogP contribution in [0.5, 0.6) is 5.88 Å². The average molecular weight is 254 g/mol. The number of methoxy groups -OCH3 is 2. The van der Waals surface area contributed by atoms with E-state index in [1.807, 2.05) is 6.92 Å². The zero-order valence-electron chi connectivity index (χ0n) is 11.3. The molecule has 0 aliphatic rings. The highest BCUT2D eigenvalue weighted by Crippen LogP contribution is 2.23. The van der Waals surface area contributed by atoms with Crippen LogP contribution < -0.4 is 15.4 Å². The second-order valence-electron chi connectivity index (χ2n) is 3.95. The zero-order valence-corrected chi connectivity index (χ0v) is 11.3. The standard InChI is InChI=1S/C12H22N4O2/c1-10-11(14-9-15-12(10)18-3)16(6-4-5-13)7-8-17-2/h9H,4-8,13H2,1-3H3. The number of hydrogen-bond acceptors (Lipinski definition) is 6.